The van der Waals surface area contributed by atoms with Gasteiger partial charge in [-0.2, -0.15) is 5.10 Å². The first kappa shape index (κ1) is 18.7. The molecule has 1 heterocycles. The first-order valence-corrected chi connectivity index (χ1v) is 10.2. The summed E-state index contributed by atoms with van der Waals surface area (Å²) in [6.45, 7) is 2.27. The Labute approximate surface area is 157 Å². The van der Waals surface area contributed by atoms with Crippen molar-refractivity contribution in [2.24, 2.45) is 0 Å². The van der Waals surface area contributed by atoms with Gasteiger partial charge in [0.15, 0.2) is 0 Å². The van der Waals surface area contributed by atoms with Crippen molar-refractivity contribution in [3.63, 3.8) is 0 Å². The highest BCUT2D eigenvalue weighted by molar-refractivity contribution is 7.92. The number of anilines is 1. The first-order valence-electron chi connectivity index (χ1n) is 8.27. The number of amides is 1. The standard InChI is InChI=1S/C19H20N4O3S/c1-13-6-8-15(9-7-13)17-11-18(22-21-17)19(24)20-12-14-4-3-5-16(10-14)23-27(2,25)26/h3-11,23H,12H2,1-2H3,(H,20,24)(H,21,22). The number of aryl methyl sites for hydroxylation is 1. The maximum absolute atomic E-state index is 12.3. The van der Waals surface area contributed by atoms with E-state index in [4.69, 9.17) is 0 Å². The van der Waals surface area contributed by atoms with Gasteiger partial charge in [0, 0.05) is 17.8 Å². The molecule has 0 aliphatic carbocycles. The fourth-order valence-corrected chi connectivity index (χ4v) is 3.10. The third kappa shape index (κ3) is 5.18. The number of hydrogen-bond donors (Lipinski definition) is 3. The number of H-pyrrole nitrogens is 1. The van der Waals surface area contributed by atoms with E-state index in [-0.39, 0.29) is 12.5 Å². The average Bonchev–Trinajstić information content (AvgIpc) is 3.09. The Morgan fingerprint density at radius 1 is 1.11 bits per heavy atom. The van der Waals surface area contributed by atoms with Crippen molar-refractivity contribution >= 4 is 21.6 Å². The normalized spacial score (nSPS) is 11.2. The molecule has 0 saturated carbocycles. The minimum atomic E-state index is -3.35. The largest absolute Gasteiger partial charge is 0.347 e. The van der Waals surface area contributed by atoms with E-state index in [0.29, 0.717) is 17.1 Å². The molecule has 3 N–H and O–H groups in total. The molecule has 3 aromatic rings. The summed E-state index contributed by atoms with van der Waals surface area (Å²) in [6.07, 6.45) is 1.09. The van der Waals surface area contributed by atoms with Crippen molar-refractivity contribution in [3.05, 3.63) is 71.4 Å². The van der Waals surface area contributed by atoms with Crippen LogP contribution in [0.3, 0.4) is 0 Å². The zero-order valence-electron chi connectivity index (χ0n) is 15.0. The van der Waals surface area contributed by atoms with E-state index in [1.807, 2.05) is 31.2 Å². The fraction of sp³-hybridized carbons (Fsp3) is 0.158. The lowest BCUT2D eigenvalue weighted by Gasteiger charge is -2.07. The first-order chi connectivity index (χ1) is 12.8. The number of carbonyl (C=O) groups excluding carboxylic acids is 1. The van der Waals surface area contributed by atoms with E-state index >= 15 is 0 Å². The molecule has 0 aliphatic heterocycles. The molecule has 1 amide bonds. The lowest BCUT2D eigenvalue weighted by atomic mass is 10.1. The van der Waals surface area contributed by atoms with Gasteiger partial charge in [-0.25, -0.2) is 8.42 Å². The van der Waals surface area contributed by atoms with Gasteiger partial charge in [-0.05, 0) is 30.7 Å². The van der Waals surface area contributed by atoms with E-state index in [9.17, 15) is 13.2 Å². The molecule has 0 aliphatic rings. The molecule has 7 nitrogen and oxygen atoms in total. The Hall–Kier alpha value is -3.13. The van der Waals surface area contributed by atoms with Crippen molar-refractivity contribution in [3.8, 4) is 11.3 Å². The van der Waals surface area contributed by atoms with E-state index in [1.54, 1.807) is 30.3 Å². The van der Waals surface area contributed by atoms with Gasteiger partial charge in [-0.15, -0.1) is 0 Å². The predicted molar refractivity (Wildman–Crippen MR) is 105 cm³/mol. The van der Waals surface area contributed by atoms with Crippen LogP contribution in [0, 0.1) is 6.92 Å². The van der Waals surface area contributed by atoms with Crippen LogP contribution in [0.5, 0.6) is 0 Å². The highest BCUT2D eigenvalue weighted by Crippen LogP contribution is 2.18. The van der Waals surface area contributed by atoms with Crippen LogP contribution in [0.2, 0.25) is 0 Å². The summed E-state index contributed by atoms with van der Waals surface area (Å²) < 4.78 is 25.0. The Balaban J connectivity index is 1.65. The SMILES string of the molecule is Cc1ccc(-c2cc(C(=O)NCc3cccc(NS(C)(=O)=O)c3)[nH]n2)cc1. The molecule has 1 aromatic heterocycles. The fourth-order valence-electron chi connectivity index (χ4n) is 2.55. The minimum absolute atomic E-state index is 0.261. The summed E-state index contributed by atoms with van der Waals surface area (Å²) in [5.74, 6) is -0.290. The average molecular weight is 384 g/mol. The van der Waals surface area contributed by atoms with Gasteiger partial charge in [0.25, 0.3) is 5.91 Å². The number of aromatic nitrogens is 2. The van der Waals surface area contributed by atoms with Crippen LogP contribution in [0.25, 0.3) is 11.3 Å². The van der Waals surface area contributed by atoms with E-state index < -0.39 is 10.0 Å². The predicted octanol–water partition coefficient (Wildman–Crippen LogP) is 2.69. The monoisotopic (exact) mass is 384 g/mol. The number of benzene rings is 2. The van der Waals surface area contributed by atoms with Crippen molar-refractivity contribution < 1.29 is 13.2 Å². The molecule has 0 saturated heterocycles. The van der Waals surface area contributed by atoms with Crippen LogP contribution in [-0.4, -0.2) is 30.8 Å². The van der Waals surface area contributed by atoms with Crippen molar-refractivity contribution in [1.82, 2.24) is 15.5 Å². The van der Waals surface area contributed by atoms with Gasteiger partial charge in [0.1, 0.15) is 5.69 Å². The molecule has 2 aromatic carbocycles. The second kappa shape index (κ2) is 7.63. The summed E-state index contributed by atoms with van der Waals surface area (Å²) in [5, 5.41) is 9.72. The van der Waals surface area contributed by atoms with Crippen LogP contribution in [0.4, 0.5) is 5.69 Å². The Morgan fingerprint density at radius 2 is 1.85 bits per heavy atom. The van der Waals surface area contributed by atoms with E-state index in [0.717, 1.165) is 22.9 Å². The Morgan fingerprint density at radius 3 is 2.56 bits per heavy atom. The van der Waals surface area contributed by atoms with Crippen molar-refractivity contribution in [2.45, 2.75) is 13.5 Å². The third-order valence-electron chi connectivity index (χ3n) is 3.85. The van der Waals surface area contributed by atoms with Crippen LogP contribution >= 0.6 is 0 Å². The molecule has 0 unspecified atom stereocenters. The summed E-state index contributed by atoms with van der Waals surface area (Å²) >= 11 is 0. The molecule has 27 heavy (non-hydrogen) atoms. The van der Waals surface area contributed by atoms with Gasteiger partial charge < -0.3 is 5.32 Å². The smallest absolute Gasteiger partial charge is 0.269 e. The summed E-state index contributed by atoms with van der Waals surface area (Å²) in [5.41, 5.74) is 4.36. The number of nitrogens with one attached hydrogen (secondary N) is 3. The maximum Gasteiger partial charge on any atom is 0.269 e. The number of sulfonamides is 1. The molecule has 0 spiro atoms. The second-order valence-corrected chi connectivity index (χ2v) is 8.04. The van der Waals surface area contributed by atoms with Crippen LogP contribution in [0.15, 0.2) is 54.6 Å². The Bertz CT molecular complexity index is 1060. The van der Waals surface area contributed by atoms with Gasteiger partial charge in [0.2, 0.25) is 10.0 Å². The van der Waals surface area contributed by atoms with Crippen molar-refractivity contribution in [1.29, 1.82) is 0 Å². The van der Waals surface area contributed by atoms with Crippen LogP contribution < -0.4 is 10.0 Å². The number of carbonyl (C=O) groups is 1. The third-order valence-corrected chi connectivity index (χ3v) is 4.46. The molecule has 0 radical (unpaired) electrons. The number of aromatic amines is 1. The summed E-state index contributed by atoms with van der Waals surface area (Å²) in [6, 6.07) is 16.4. The summed E-state index contributed by atoms with van der Waals surface area (Å²) in [4.78, 5) is 12.3. The van der Waals surface area contributed by atoms with E-state index in [1.165, 1.54) is 0 Å². The summed E-state index contributed by atoms with van der Waals surface area (Å²) in [7, 11) is -3.35. The lowest BCUT2D eigenvalue weighted by Crippen LogP contribution is -2.23. The molecule has 0 fully saturated rings. The zero-order valence-corrected chi connectivity index (χ0v) is 15.8. The van der Waals surface area contributed by atoms with Gasteiger partial charge >= 0.3 is 0 Å². The molecule has 0 bridgehead atoms. The maximum atomic E-state index is 12.3. The van der Waals surface area contributed by atoms with Gasteiger partial charge in [-0.3, -0.25) is 14.6 Å². The molecule has 140 valence electrons. The number of hydrogen-bond acceptors (Lipinski definition) is 4. The zero-order chi connectivity index (χ0) is 19.4. The van der Waals surface area contributed by atoms with Gasteiger partial charge in [-0.1, -0.05) is 42.0 Å². The molecule has 0 atom stereocenters. The Kier molecular flexibility index (Phi) is 5.27. The molecular weight excluding hydrogens is 364 g/mol. The molecule has 3 rings (SSSR count). The van der Waals surface area contributed by atoms with E-state index in [2.05, 4.69) is 20.2 Å². The highest BCUT2D eigenvalue weighted by Gasteiger charge is 2.11. The highest BCUT2D eigenvalue weighted by atomic mass is 32.2. The van der Waals surface area contributed by atoms with Crippen molar-refractivity contribution in [2.75, 3.05) is 11.0 Å². The minimum Gasteiger partial charge on any atom is -0.347 e. The van der Waals surface area contributed by atoms with Crippen LogP contribution in [-0.2, 0) is 16.6 Å². The number of rotatable bonds is 6. The van der Waals surface area contributed by atoms with Gasteiger partial charge in [0.05, 0.1) is 11.9 Å². The topological polar surface area (TPSA) is 104 Å². The molecule has 8 heteroatoms. The quantitative estimate of drug-likeness (QED) is 0.608. The molecular formula is C19H20N4O3S. The number of nitrogens with zero attached hydrogens (tertiary/aromatic N) is 1. The lowest BCUT2D eigenvalue weighted by molar-refractivity contribution is 0.0946. The van der Waals surface area contributed by atoms with Crippen LogP contribution in [0.1, 0.15) is 21.6 Å². The second-order valence-electron chi connectivity index (χ2n) is 6.29.